The van der Waals surface area contributed by atoms with E-state index in [1.54, 1.807) is 0 Å². The fourth-order valence-corrected chi connectivity index (χ4v) is 4.27. The molecule has 0 unspecified atom stereocenters. The van der Waals surface area contributed by atoms with Gasteiger partial charge in [-0.2, -0.15) is 5.26 Å². The zero-order valence-electron chi connectivity index (χ0n) is 18.5. The van der Waals surface area contributed by atoms with Crippen molar-refractivity contribution in [3.63, 3.8) is 0 Å². The van der Waals surface area contributed by atoms with Crippen LogP contribution in [0.25, 0.3) is 0 Å². The van der Waals surface area contributed by atoms with Crippen molar-refractivity contribution in [3.8, 4) is 6.07 Å². The Morgan fingerprint density at radius 2 is 1.27 bits per heavy atom. The van der Waals surface area contributed by atoms with E-state index in [1.165, 1.54) is 0 Å². The normalized spacial score (nSPS) is 11.8. The summed E-state index contributed by atoms with van der Waals surface area (Å²) in [5.74, 6) is -1.40. The lowest BCUT2D eigenvalue weighted by Crippen LogP contribution is -2.44. The summed E-state index contributed by atoms with van der Waals surface area (Å²) < 4.78 is 0. The second-order valence-corrected chi connectivity index (χ2v) is 8.04. The number of nitriles is 1. The highest BCUT2D eigenvalue weighted by atomic mass is 16.4. The average molecular weight is 441 g/mol. The summed E-state index contributed by atoms with van der Waals surface area (Å²) in [5.41, 5.74) is 2.09. The standard InChI is InChI=1S/C28H28N2O3/c29-20-12-4-11-19-25(27(32)33)30-26(31)21-28(22-13-5-1-6-14-22,23-15-7-2-8-16-23)24-17-9-3-10-18-24/h1-3,5-10,13-18,25H,4,11-12,19,21H2,(H,30,31)(H,32,33)/t25-/m0/s1. The van der Waals surface area contributed by atoms with Gasteiger partial charge in [0.2, 0.25) is 5.91 Å². The number of unbranched alkanes of at least 4 members (excludes halogenated alkanes) is 2. The number of nitrogens with one attached hydrogen (secondary N) is 1. The molecule has 5 heteroatoms. The summed E-state index contributed by atoms with van der Waals surface area (Å²) in [6.07, 6.45) is 1.90. The quantitative estimate of drug-likeness (QED) is 0.322. The number of aliphatic carboxylic acids is 1. The van der Waals surface area contributed by atoms with E-state index < -0.39 is 17.4 Å². The van der Waals surface area contributed by atoms with E-state index in [-0.39, 0.29) is 18.7 Å². The van der Waals surface area contributed by atoms with E-state index in [4.69, 9.17) is 5.26 Å². The Morgan fingerprint density at radius 3 is 1.67 bits per heavy atom. The van der Waals surface area contributed by atoms with Crippen LogP contribution in [0.2, 0.25) is 0 Å². The molecular formula is C28H28N2O3. The summed E-state index contributed by atoms with van der Waals surface area (Å²) in [4.78, 5) is 25.2. The molecule has 0 bridgehead atoms. The third kappa shape index (κ3) is 5.87. The monoisotopic (exact) mass is 440 g/mol. The number of hydrogen-bond acceptors (Lipinski definition) is 3. The van der Waals surface area contributed by atoms with E-state index in [2.05, 4.69) is 11.4 Å². The lowest BCUT2D eigenvalue weighted by molar-refractivity contribution is -0.142. The molecule has 0 saturated heterocycles. The smallest absolute Gasteiger partial charge is 0.326 e. The first kappa shape index (κ1) is 23.7. The first-order valence-corrected chi connectivity index (χ1v) is 11.1. The lowest BCUT2D eigenvalue weighted by Gasteiger charge is -2.36. The van der Waals surface area contributed by atoms with Crippen LogP contribution in [0.1, 0.15) is 48.8 Å². The molecule has 0 fully saturated rings. The second-order valence-electron chi connectivity index (χ2n) is 8.04. The number of rotatable bonds is 11. The SMILES string of the molecule is N#CCCCC[C@H](NC(=O)CC(c1ccccc1)(c1ccccc1)c1ccccc1)C(=O)O. The molecule has 0 radical (unpaired) electrons. The molecule has 0 aliphatic carbocycles. The van der Waals surface area contributed by atoms with Crippen molar-refractivity contribution in [2.75, 3.05) is 0 Å². The van der Waals surface area contributed by atoms with Gasteiger partial charge < -0.3 is 10.4 Å². The minimum Gasteiger partial charge on any atom is -0.480 e. The van der Waals surface area contributed by atoms with Gasteiger partial charge in [-0.3, -0.25) is 4.79 Å². The first-order valence-electron chi connectivity index (χ1n) is 11.1. The molecule has 0 heterocycles. The molecule has 0 aliphatic rings. The summed E-state index contributed by atoms with van der Waals surface area (Å²) in [6, 6.07) is 30.6. The molecule has 0 saturated carbocycles. The van der Waals surface area contributed by atoms with Crippen LogP contribution in [0.4, 0.5) is 0 Å². The number of carboxylic acid groups (broad SMARTS) is 1. The Kier molecular flexibility index (Phi) is 8.37. The van der Waals surface area contributed by atoms with Crippen LogP contribution in [0.5, 0.6) is 0 Å². The Bertz CT molecular complexity index is 980. The summed E-state index contributed by atoms with van der Waals surface area (Å²) in [5, 5.41) is 21.1. The second kappa shape index (κ2) is 11.6. The zero-order valence-corrected chi connectivity index (χ0v) is 18.5. The maximum Gasteiger partial charge on any atom is 0.326 e. The van der Waals surface area contributed by atoms with Crippen molar-refractivity contribution in [1.29, 1.82) is 5.26 Å². The molecule has 1 amide bonds. The Balaban J connectivity index is 1.99. The number of amides is 1. The fourth-order valence-electron chi connectivity index (χ4n) is 4.27. The molecule has 5 nitrogen and oxygen atoms in total. The van der Waals surface area contributed by atoms with Gasteiger partial charge in [0.05, 0.1) is 11.5 Å². The minimum atomic E-state index is -1.06. The molecule has 2 N–H and O–H groups in total. The van der Waals surface area contributed by atoms with Crippen LogP contribution < -0.4 is 5.32 Å². The number of carboxylic acids is 1. The molecule has 3 rings (SSSR count). The van der Waals surface area contributed by atoms with Crippen molar-refractivity contribution >= 4 is 11.9 Å². The van der Waals surface area contributed by atoms with Gasteiger partial charge in [-0.05, 0) is 36.0 Å². The lowest BCUT2D eigenvalue weighted by atomic mass is 9.67. The van der Waals surface area contributed by atoms with E-state index in [1.807, 2.05) is 91.0 Å². The summed E-state index contributed by atoms with van der Waals surface area (Å²) in [6.45, 7) is 0. The number of carbonyl (C=O) groups excluding carboxylic acids is 1. The van der Waals surface area contributed by atoms with E-state index in [0.29, 0.717) is 19.3 Å². The average Bonchev–Trinajstić information content (AvgIpc) is 2.86. The van der Waals surface area contributed by atoms with E-state index in [0.717, 1.165) is 16.7 Å². The third-order valence-corrected chi connectivity index (χ3v) is 5.89. The van der Waals surface area contributed by atoms with Gasteiger partial charge in [-0.25, -0.2) is 4.79 Å². The van der Waals surface area contributed by atoms with Crippen molar-refractivity contribution in [1.82, 2.24) is 5.32 Å². The molecular weight excluding hydrogens is 412 g/mol. The van der Waals surface area contributed by atoms with Crippen LogP contribution in [0.3, 0.4) is 0 Å². The highest BCUT2D eigenvalue weighted by Crippen LogP contribution is 2.42. The highest BCUT2D eigenvalue weighted by molar-refractivity contribution is 5.85. The van der Waals surface area contributed by atoms with E-state index in [9.17, 15) is 14.7 Å². The molecule has 0 aliphatic heterocycles. The first-order chi connectivity index (χ1) is 16.1. The van der Waals surface area contributed by atoms with Gasteiger partial charge in [-0.15, -0.1) is 0 Å². The van der Waals surface area contributed by atoms with Gasteiger partial charge in [0.15, 0.2) is 0 Å². The molecule has 0 spiro atoms. The largest absolute Gasteiger partial charge is 0.480 e. The summed E-state index contributed by atoms with van der Waals surface area (Å²) in [7, 11) is 0. The number of carbonyl (C=O) groups is 2. The van der Waals surface area contributed by atoms with Crippen LogP contribution in [-0.2, 0) is 15.0 Å². The number of benzene rings is 3. The minimum absolute atomic E-state index is 0.0625. The molecule has 3 aromatic carbocycles. The van der Waals surface area contributed by atoms with Crippen LogP contribution in [0, 0.1) is 11.3 Å². The molecule has 168 valence electrons. The fraction of sp³-hybridized carbons (Fsp3) is 0.250. The maximum absolute atomic E-state index is 13.4. The summed E-state index contributed by atoms with van der Waals surface area (Å²) >= 11 is 0. The molecule has 1 atom stereocenters. The van der Waals surface area contributed by atoms with Gasteiger partial charge >= 0.3 is 5.97 Å². The Morgan fingerprint density at radius 1 is 0.818 bits per heavy atom. The van der Waals surface area contributed by atoms with Crippen molar-refractivity contribution in [2.45, 2.75) is 43.6 Å². The molecule has 33 heavy (non-hydrogen) atoms. The van der Waals surface area contributed by atoms with Crippen LogP contribution >= 0.6 is 0 Å². The van der Waals surface area contributed by atoms with Crippen molar-refractivity contribution < 1.29 is 14.7 Å². The van der Waals surface area contributed by atoms with Crippen LogP contribution in [-0.4, -0.2) is 23.0 Å². The number of hydrogen-bond donors (Lipinski definition) is 2. The molecule has 3 aromatic rings. The highest BCUT2D eigenvalue weighted by Gasteiger charge is 2.39. The van der Waals surface area contributed by atoms with Gasteiger partial charge in [0.25, 0.3) is 0 Å². The predicted molar refractivity (Wildman–Crippen MR) is 127 cm³/mol. The van der Waals surface area contributed by atoms with Gasteiger partial charge in [0.1, 0.15) is 6.04 Å². The number of nitrogens with zero attached hydrogens (tertiary/aromatic N) is 1. The van der Waals surface area contributed by atoms with Gasteiger partial charge in [0, 0.05) is 12.8 Å². The zero-order chi connectivity index (χ0) is 23.5. The third-order valence-electron chi connectivity index (χ3n) is 5.89. The predicted octanol–water partition coefficient (Wildman–Crippen LogP) is 5.06. The van der Waals surface area contributed by atoms with Crippen molar-refractivity contribution in [3.05, 3.63) is 108 Å². The van der Waals surface area contributed by atoms with Crippen molar-refractivity contribution in [2.24, 2.45) is 0 Å². The van der Waals surface area contributed by atoms with Crippen LogP contribution in [0.15, 0.2) is 91.0 Å². The molecule has 0 aromatic heterocycles. The van der Waals surface area contributed by atoms with E-state index >= 15 is 0 Å². The maximum atomic E-state index is 13.4. The topological polar surface area (TPSA) is 90.2 Å². The van der Waals surface area contributed by atoms with Gasteiger partial charge in [-0.1, -0.05) is 91.0 Å². The Labute approximate surface area is 194 Å². The Hall–Kier alpha value is -3.91.